The van der Waals surface area contributed by atoms with Gasteiger partial charge >= 0.3 is 0 Å². The largest absolute Gasteiger partial charge is 0.394 e. The van der Waals surface area contributed by atoms with Crippen LogP contribution < -0.4 is 5.32 Å². The molecule has 1 amide bonds. The highest BCUT2D eigenvalue weighted by Gasteiger charge is 2.55. The van der Waals surface area contributed by atoms with Gasteiger partial charge in [0.2, 0.25) is 5.91 Å². The molecule has 16 nitrogen and oxygen atoms in total. The van der Waals surface area contributed by atoms with E-state index in [9.17, 15) is 30.3 Å². The minimum Gasteiger partial charge on any atom is -0.394 e. The number of carbonyl (C=O) groups is 1. The predicted octanol–water partition coefficient (Wildman–Crippen LogP) is 2.50. The van der Waals surface area contributed by atoms with E-state index in [2.05, 4.69) is 5.32 Å². The van der Waals surface area contributed by atoms with Crippen LogP contribution in [0.3, 0.4) is 0 Å². The normalized spacial score (nSPS) is 33.1. The van der Waals surface area contributed by atoms with Crippen LogP contribution in [0.2, 0.25) is 0 Å². The number of amides is 1. The van der Waals surface area contributed by atoms with Gasteiger partial charge in [-0.3, -0.25) is 4.79 Å². The lowest BCUT2D eigenvalue weighted by Gasteiger charge is -2.50. The van der Waals surface area contributed by atoms with E-state index >= 15 is 0 Å². The number of benzene rings is 4. The first-order valence-corrected chi connectivity index (χ1v) is 21.6. The fourth-order valence-corrected chi connectivity index (χ4v) is 8.10. The zero-order chi connectivity index (χ0) is 45.0. The van der Waals surface area contributed by atoms with E-state index in [0.29, 0.717) is 0 Å². The van der Waals surface area contributed by atoms with Crippen molar-refractivity contribution in [3.8, 4) is 0 Å². The maximum absolute atomic E-state index is 12.9. The lowest BCUT2D eigenvalue weighted by molar-refractivity contribution is -0.377. The number of rotatable bonds is 19. The molecule has 4 aromatic carbocycles. The summed E-state index contributed by atoms with van der Waals surface area (Å²) >= 11 is 0. The Hall–Kier alpha value is -4.21. The first kappa shape index (κ1) is 47.7. The molecule has 3 heterocycles. The van der Waals surface area contributed by atoms with Gasteiger partial charge in [-0.05, 0) is 29.2 Å². The van der Waals surface area contributed by atoms with E-state index in [4.69, 9.17) is 42.6 Å². The van der Waals surface area contributed by atoms with E-state index in [-0.39, 0.29) is 33.0 Å². The number of carbonyl (C=O) groups excluding carboxylic acids is 1. The second-order valence-corrected chi connectivity index (χ2v) is 16.2. The summed E-state index contributed by atoms with van der Waals surface area (Å²) < 4.78 is 58.2. The Balaban J connectivity index is 1.25. The first-order valence-electron chi connectivity index (χ1n) is 21.6. The third-order valence-electron chi connectivity index (χ3n) is 11.4. The second kappa shape index (κ2) is 23.3. The first-order chi connectivity index (χ1) is 31.1. The number of ether oxygens (including phenoxy) is 9. The van der Waals surface area contributed by atoms with Crippen molar-refractivity contribution in [2.45, 2.75) is 132 Å². The molecule has 3 fully saturated rings. The molecule has 16 heteroatoms. The molecule has 0 bridgehead atoms. The lowest BCUT2D eigenvalue weighted by atomic mass is 9.94. The zero-order valence-electron chi connectivity index (χ0n) is 35.8. The number of aliphatic hydroxyl groups is 5. The minimum absolute atomic E-state index is 0.103. The average molecular weight is 890 g/mol. The lowest BCUT2D eigenvalue weighted by Crippen LogP contribution is -2.69. The molecule has 0 aromatic heterocycles. The van der Waals surface area contributed by atoms with Crippen LogP contribution in [-0.2, 0) is 73.9 Å². The highest BCUT2D eigenvalue weighted by Crippen LogP contribution is 2.36. The molecule has 3 aliphatic rings. The number of hydrogen-bond donors (Lipinski definition) is 6. The van der Waals surface area contributed by atoms with Crippen molar-refractivity contribution in [3.63, 3.8) is 0 Å². The monoisotopic (exact) mass is 889 g/mol. The molecule has 3 saturated heterocycles. The standard InChI is InChI=1S/C48H59NO15/c1-29-41(57-25-32-17-9-4-10-18-32)44(58-26-33-19-11-5-12-20-33)45(59-27-34-21-13-6-14-22-34)48(60-29)64-43-37(49-30(2)51)46(55)61-36(28-56-24-31-15-7-3-8-16-31)42(43)63-47-40(54)39(53)38(52)35(23-50)62-47/h3-22,29,35-48,50,52-55H,23-28H2,1-2H3,(H,49,51)/t29?,35?,36?,37-,38-,39-,40-,41+,42+,43+,44-,45-,46-,47-,48-/m0/s1. The smallest absolute Gasteiger partial charge is 0.217 e. The van der Waals surface area contributed by atoms with Crippen molar-refractivity contribution in [2.24, 2.45) is 0 Å². The van der Waals surface area contributed by atoms with Crippen molar-refractivity contribution < 1.29 is 73.0 Å². The van der Waals surface area contributed by atoms with E-state index in [1.54, 1.807) is 0 Å². The molecule has 6 N–H and O–H groups in total. The van der Waals surface area contributed by atoms with Gasteiger partial charge in [-0.1, -0.05) is 121 Å². The fourth-order valence-electron chi connectivity index (χ4n) is 8.10. The van der Waals surface area contributed by atoms with Gasteiger partial charge in [0.15, 0.2) is 18.9 Å². The molecule has 3 aliphatic heterocycles. The third kappa shape index (κ3) is 12.4. The highest BCUT2D eigenvalue weighted by atomic mass is 16.8. The Kier molecular flexibility index (Phi) is 17.4. The molecule has 0 radical (unpaired) electrons. The van der Waals surface area contributed by atoms with Crippen molar-refractivity contribution in [2.75, 3.05) is 13.2 Å². The summed E-state index contributed by atoms with van der Waals surface area (Å²) in [6.45, 7) is 2.83. The summed E-state index contributed by atoms with van der Waals surface area (Å²) in [5, 5.41) is 57.0. The van der Waals surface area contributed by atoms with Crippen molar-refractivity contribution >= 4 is 5.91 Å². The van der Waals surface area contributed by atoms with E-state index in [1.165, 1.54) is 6.92 Å². The molecule has 4 aromatic rings. The predicted molar refractivity (Wildman–Crippen MR) is 227 cm³/mol. The fraction of sp³-hybridized carbons (Fsp3) is 0.479. The van der Waals surface area contributed by atoms with Gasteiger partial charge in [0.05, 0.1) is 45.7 Å². The van der Waals surface area contributed by atoms with E-state index in [0.717, 1.165) is 22.3 Å². The van der Waals surface area contributed by atoms with Crippen molar-refractivity contribution in [1.82, 2.24) is 5.32 Å². The van der Waals surface area contributed by atoms with Crippen LogP contribution in [0.4, 0.5) is 0 Å². The molecular formula is C48H59NO15. The van der Waals surface area contributed by atoms with Crippen LogP contribution in [0.15, 0.2) is 121 Å². The highest BCUT2D eigenvalue weighted by molar-refractivity contribution is 5.73. The van der Waals surface area contributed by atoms with Crippen LogP contribution >= 0.6 is 0 Å². The van der Waals surface area contributed by atoms with Gasteiger partial charge in [0, 0.05) is 6.92 Å². The van der Waals surface area contributed by atoms with Crippen molar-refractivity contribution in [1.29, 1.82) is 0 Å². The van der Waals surface area contributed by atoms with Crippen LogP contribution in [0, 0.1) is 0 Å². The van der Waals surface area contributed by atoms with Gasteiger partial charge in [-0.25, -0.2) is 0 Å². The summed E-state index contributed by atoms with van der Waals surface area (Å²) in [5.74, 6) is -0.542. The average Bonchev–Trinajstić information content (AvgIpc) is 3.31. The maximum Gasteiger partial charge on any atom is 0.217 e. The maximum atomic E-state index is 12.9. The summed E-state index contributed by atoms with van der Waals surface area (Å²) in [4.78, 5) is 12.9. The van der Waals surface area contributed by atoms with E-state index in [1.807, 2.05) is 128 Å². The topological polar surface area (TPSA) is 213 Å². The van der Waals surface area contributed by atoms with Gasteiger partial charge in [0.25, 0.3) is 0 Å². The molecule has 0 saturated carbocycles. The van der Waals surface area contributed by atoms with Crippen molar-refractivity contribution in [3.05, 3.63) is 144 Å². The summed E-state index contributed by atoms with van der Waals surface area (Å²) in [5.41, 5.74) is 3.52. The van der Waals surface area contributed by atoms with Crippen LogP contribution in [0.5, 0.6) is 0 Å². The van der Waals surface area contributed by atoms with E-state index < -0.39 is 105 Å². The minimum atomic E-state index is -1.82. The van der Waals surface area contributed by atoms with Gasteiger partial charge in [0.1, 0.15) is 67.1 Å². The summed E-state index contributed by atoms with van der Waals surface area (Å²) in [6.07, 6.45) is -18.4. The zero-order valence-corrected chi connectivity index (χ0v) is 35.8. The SMILES string of the molecule is CC(=O)N[C@H]1[C@@H](O[C@@H]2OC(C)[C@@H](OCc3ccccc3)[C@H](OCc3ccccc3)[C@@H]2OCc2ccccc2)[C@H](O[C@@H]2OC(CO)[C@H](O)[C@H](O)[C@@H]2O)C(COCc2ccccc2)O[C@@H]1O. The Morgan fingerprint density at radius 2 is 1.03 bits per heavy atom. The molecule has 64 heavy (non-hydrogen) atoms. The Bertz CT molecular complexity index is 1970. The quantitative estimate of drug-likeness (QED) is 0.0799. The number of nitrogens with one attached hydrogen (secondary N) is 1. The third-order valence-corrected chi connectivity index (χ3v) is 11.4. The second-order valence-electron chi connectivity index (χ2n) is 16.2. The van der Waals surface area contributed by atoms with Gasteiger partial charge in [-0.15, -0.1) is 0 Å². The van der Waals surface area contributed by atoms with Crippen LogP contribution in [-0.4, -0.2) is 137 Å². The molecule has 0 aliphatic carbocycles. The van der Waals surface area contributed by atoms with Gasteiger partial charge in [-0.2, -0.15) is 0 Å². The summed E-state index contributed by atoms with van der Waals surface area (Å²) in [6, 6.07) is 36.8. The number of hydrogen-bond acceptors (Lipinski definition) is 15. The number of aliphatic hydroxyl groups excluding tert-OH is 5. The molecular weight excluding hydrogens is 831 g/mol. The van der Waals surface area contributed by atoms with Gasteiger partial charge < -0.3 is 73.5 Å². The van der Waals surface area contributed by atoms with Crippen LogP contribution in [0.25, 0.3) is 0 Å². The molecule has 7 rings (SSSR count). The Labute approximate surface area is 372 Å². The van der Waals surface area contributed by atoms with Crippen LogP contribution in [0.1, 0.15) is 36.1 Å². The Morgan fingerprint density at radius 1 is 0.547 bits per heavy atom. The summed E-state index contributed by atoms with van der Waals surface area (Å²) in [7, 11) is 0. The molecule has 15 atom stereocenters. The molecule has 0 spiro atoms. The molecule has 3 unspecified atom stereocenters. The molecule has 346 valence electrons. The Morgan fingerprint density at radius 3 is 1.55 bits per heavy atom.